The number of para-hydroxylation sites is 1. The van der Waals surface area contributed by atoms with Gasteiger partial charge in [-0.05, 0) is 93.9 Å². The van der Waals surface area contributed by atoms with Gasteiger partial charge in [-0.1, -0.05) is 95.6 Å². The number of rotatable bonds is 6. The predicted molar refractivity (Wildman–Crippen MR) is 215 cm³/mol. The van der Waals surface area contributed by atoms with Crippen LogP contribution in [0.5, 0.6) is 11.5 Å². The van der Waals surface area contributed by atoms with Gasteiger partial charge in [0.05, 0.1) is 11.4 Å². The van der Waals surface area contributed by atoms with Crippen molar-refractivity contribution >= 4 is 21.8 Å². The molecule has 5 nitrogen and oxygen atoms in total. The summed E-state index contributed by atoms with van der Waals surface area (Å²) >= 11 is 0. The van der Waals surface area contributed by atoms with Crippen molar-refractivity contribution in [3.8, 4) is 39.8 Å². The number of pyridine rings is 1. The molecule has 0 N–H and O–H groups in total. The van der Waals surface area contributed by atoms with Gasteiger partial charge in [0.25, 0.3) is 6.33 Å². The molecule has 54 heavy (non-hydrogen) atoms. The van der Waals surface area contributed by atoms with Crippen molar-refractivity contribution < 1.29 is 30.4 Å². The van der Waals surface area contributed by atoms with Crippen molar-refractivity contribution in [3.63, 3.8) is 0 Å². The van der Waals surface area contributed by atoms with Crippen LogP contribution in [0.3, 0.4) is 0 Å². The van der Waals surface area contributed by atoms with E-state index < -0.39 is 0 Å². The van der Waals surface area contributed by atoms with Crippen molar-refractivity contribution in [2.75, 3.05) is 0 Å². The summed E-state index contributed by atoms with van der Waals surface area (Å²) < 4.78 is 12.9. The molecule has 0 spiro atoms. The molecule has 0 amide bonds. The first-order valence-corrected chi connectivity index (χ1v) is 18.2. The molecule has 0 aliphatic carbocycles. The molecule has 6 heteroatoms. The van der Waals surface area contributed by atoms with E-state index in [0.29, 0.717) is 11.5 Å². The molecule has 0 radical (unpaired) electrons. The topological polar surface area (TPSA) is 35.9 Å². The van der Waals surface area contributed by atoms with Gasteiger partial charge in [-0.25, -0.2) is 4.98 Å². The predicted octanol–water partition coefficient (Wildman–Crippen LogP) is 11.3. The number of fused-ring (bicyclic) bond motifs is 3. The summed E-state index contributed by atoms with van der Waals surface area (Å²) in [6.07, 6.45) is 7.65. The second-order valence-electron chi connectivity index (χ2n) is 16.0. The first-order valence-electron chi connectivity index (χ1n) is 18.2. The van der Waals surface area contributed by atoms with Crippen molar-refractivity contribution in [3.05, 3.63) is 162 Å². The summed E-state index contributed by atoms with van der Waals surface area (Å²) in [6, 6.07) is 45.0. The summed E-state index contributed by atoms with van der Waals surface area (Å²) in [5.74, 6) is 2.02. The van der Waals surface area contributed by atoms with Gasteiger partial charge < -0.3 is 13.9 Å². The molecular weight excluding hydrogens is 844 g/mol. The third-order valence-electron chi connectivity index (χ3n) is 9.97. The van der Waals surface area contributed by atoms with Gasteiger partial charge in [0.2, 0.25) is 0 Å². The van der Waals surface area contributed by atoms with E-state index in [1.54, 1.807) is 0 Å². The minimum Gasteiger partial charge on any atom is -0.510 e. The van der Waals surface area contributed by atoms with Gasteiger partial charge in [0.15, 0.2) is 0 Å². The minimum absolute atomic E-state index is 0. The Labute approximate surface area is 333 Å². The van der Waals surface area contributed by atoms with Crippen molar-refractivity contribution in [2.45, 2.75) is 66.2 Å². The Bertz CT molecular complexity index is 2630. The zero-order valence-electron chi connectivity index (χ0n) is 32.1. The zero-order valence-corrected chi connectivity index (χ0v) is 34.3. The monoisotopic (exact) mass is 887 g/mol. The molecule has 0 aliphatic rings. The number of benzene rings is 5. The molecule has 8 rings (SSSR count). The molecule has 274 valence electrons. The van der Waals surface area contributed by atoms with Gasteiger partial charge in [-0.3, -0.25) is 4.57 Å². The summed E-state index contributed by atoms with van der Waals surface area (Å²) in [5, 5.41) is 2.22. The molecule has 3 aromatic heterocycles. The number of hydrogen-bond donors (Lipinski definition) is 0. The summed E-state index contributed by atoms with van der Waals surface area (Å²) in [6.45, 7) is 17.7. The molecule has 5 aromatic carbocycles. The van der Waals surface area contributed by atoms with Crippen LogP contribution in [0.15, 0.2) is 122 Å². The number of imidazole rings is 1. The van der Waals surface area contributed by atoms with Crippen LogP contribution in [-0.2, 0) is 31.9 Å². The minimum atomic E-state index is -0.121. The summed E-state index contributed by atoms with van der Waals surface area (Å²) in [5.41, 5.74) is 11.1. The molecule has 3 heterocycles. The Kier molecular flexibility index (Phi) is 9.74. The Morgan fingerprint density at radius 1 is 0.685 bits per heavy atom. The molecule has 0 saturated carbocycles. The van der Waals surface area contributed by atoms with E-state index in [2.05, 4.69) is 174 Å². The van der Waals surface area contributed by atoms with E-state index in [4.69, 9.17) is 9.72 Å². The van der Waals surface area contributed by atoms with Gasteiger partial charge in [-0.2, -0.15) is 18.2 Å². The van der Waals surface area contributed by atoms with E-state index in [9.17, 15) is 0 Å². The standard InChI is InChI=1S/C48H44N4O.Pt/c1-32-14-11-15-33(2)46(32)34-24-25-49-45(26-34)52-42-21-10-9-20-40(42)41-23-22-39(29-43(41)52)53-38-19-13-17-36(28-38)50-30-44(48(6,7)8)51(31-50)37-18-12-16-35(27-37)47(3,4)5;/h9-27,30H,1-8H3;/q-2;. The molecule has 0 saturated heterocycles. The molecule has 0 fully saturated rings. The van der Waals surface area contributed by atoms with Gasteiger partial charge >= 0.3 is 0 Å². The van der Waals surface area contributed by atoms with Gasteiger partial charge in [0, 0.05) is 50.5 Å². The van der Waals surface area contributed by atoms with Crippen molar-refractivity contribution in [1.82, 2.24) is 14.1 Å². The third kappa shape index (κ3) is 6.94. The van der Waals surface area contributed by atoms with Gasteiger partial charge in [-0.15, -0.1) is 29.7 Å². The molecular formula is C48H44N4OPt-2. The number of aryl methyl sites for hydroxylation is 2. The van der Waals surface area contributed by atoms with Crippen LogP contribution in [0.2, 0.25) is 0 Å². The number of hydrogen-bond acceptors (Lipinski definition) is 2. The number of nitrogens with zero attached hydrogens (tertiary/aromatic N) is 4. The number of aromatic nitrogens is 4. The summed E-state index contributed by atoms with van der Waals surface area (Å²) in [7, 11) is 0. The Morgan fingerprint density at radius 3 is 2.17 bits per heavy atom. The van der Waals surface area contributed by atoms with Crippen LogP contribution in [-0.4, -0.2) is 14.1 Å². The maximum absolute atomic E-state index is 6.52. The Morgan fingerprint density at radius 2 is 1.41 bits per heavy atom. The molecule has 0 atom stereocenters. The fourth-order valence-corrected chi connectivity index (χ4v) is 7.22. The Hall–Kier alpha value is -5.25. The maximum Gasteiger partial charge on any atom is 0.267 e. The zero-order chi connectivity index (χ0) is 37.1. The van der Waals surface area contributed by atoms with Crippen LogP contribution >= 0.6 is 0 Å². The van der Waals surface area contributed by atoms with E-state index >= 15 is 0 Å². The third-order valence-corrected chi connectivity index (χ3v) is 9.97. The van der Waals surface area contributed by atoms with Crippen LogP contribution in [0.4, 0.5) is 0 Å². The fraction of sp³-hybridized carbons (Fsp3) is 0.208. The maximum atomic E-state index is 6.52. The average molecular weight is 888 g/mol. The van der Waals surface area contributed by atoms with Crippen molar-refractivity contribution in [1.29, 1.82) is 0 Å². The van der Waals surface area contributed by atoms with E-state index in [1.165, 1.54) is 22.3 Å². The second kappa shape index (κ2) is 14.2. The van der Waals surface area contributed by atoms with Crippen LogP contribution in [0.25, 0.3) is 50.1 Å². The normalized spacial score (nSPS) is 11.9. The second-order valence-corrected chi connectivity index (χ2v) is 16.0. The molecule has 8 aromatic rings. The summed E-state index contributed by atoms with van der Waals surface area (Å²) in [4.78, 5) is 4.88. The largest absolute Gasteiger partial charge is 0.510 e. The number of ether oxygens (including phenoxy) is 1. The van der Waals surface area contributed by atoms with Crippen LogP contribution in [0.1, 0.15) is 63.9 Å². The average Bonchev–Trinajstić information content (AvgIpc) is 3.72. The quantitative estimate of drug-likeness (QED) is 0.123. The molecule has 0 unspecified atom stereocenters. The van der Waals surface area contributed by atoms with E-state index in [0.717, 1.165) is 50.3 Å². The molecule has 0 aliphatic heterocycles. The fourth-order valence-electron chi connectivity index (χ4n) is 7.22. The molecule has 0 bridgehead atoms. The van der Waals surface area contributed by atoms with Crippen LogP contribution in [0, 0.1) is 32.3 Å². The first kappa shape index (κ1) is 37.1. The first-order chi connectivity index (χ1) is 25.3. The SMILES string of the molecule is Cc1cccc(C)c1-c1ccnc(-n2c3[c-]c(Oc4[c-]c(-n5[c-][n+](-c6cccc(C(C)(C)C)c6)c(C(C)(C)C)c5)ccc4)ccc3c3ccccc32)c1.[Pt]. The van der Waals surface area contributed by atoms with Crippen LogP contribution < -0.4 is 9.30 Å². The Balaban J connectivity index is 0.00000450. The van der Waals surface area contributed by atoms with Crippen molar-refractivity contribution in [2.24, 2.45) is 0 Å². The van der Waals surface area contributed by atoms with Gasteiger partial charge in [0.1, 0.15) is 5.82 Å². The van der Waals surface area contributed by atoms with E-state index in [-0.39, 0.29) is 31.9 Å². The smallest absolute Gasteiger partial charge is 0.267 e. The van der Waals surface area contributed by atoms with E-state index in [1.807, 2.05) is 35.0 Å².